The van der Waals surface area contributed by atoms with Gasteiger partial charge in [0.25, 0.3) is 0 Å². The number of ether oxygens (including phenoxy) is 1. The molecule has 3 aromatic rings. The number of amides is 1. The number of nitrogens with zero attached hydrogens (tertiary/aromatic N) is 2. The first-order chi connectivity index (χ1) is 16.9. The predicted molar refractivity (Wildman–Crippen MR) is 134 cm³/mol. The van der Waals surface area contributed by atoms with Crippen molar-refractivity contribution in [2.75, 3.05) is 32.8 Å². The van der Waals surface area contributed by atoms with Crippen molar-refractivity contribution in [2.24, 2.45) is 0 Å². The Labute approximate surface area is 206 Å². The van der Waals surface area contributed by atoms with Crippen LogP contribution in [0.5, 0.6) is 5.75 Å². The summed E-state index contributed by atoms with van der Waals surface area (Å²) in [6, 6.07) is 23.6. The molecule has 0 unspecified atom stereocenters. The van der Waals surface area contributed by atoms with Gasteiger partial charge in [-0.25, -0.2) is 8.42 Å². The molecule has 35 heavy (non-hydrogen) atoms. The summed E-state index contributed by atoms with van der Waals surface area (Å²) in [5.41, 5.74) is 2.48. The zero-order valence-electron chi connectivity index (χ0n) is 19.6. The molecule has 0 aliphatic carbocycles. The highest BCUT2D eigenvalue weighted by atomic mass is 32.2. The molecular formula is C27H28N2O5S. The van der Waals surface area contributed by atoms with E-state index < -0.39 is 10.0 Å². The van der Waals surface area contributed by atoms with Gasteiger partial charge in [-0.05, 0) is 30.7 Å². The molecule has 0 spiro atoms. The molecule has 7 nitrogen and oxygen atoms in total. The topological polar surface area (TPSA) is 84.0 Å². The Bertz CT molecular complexity index is 1280. The largest absolute Gasteiger partial charge is 0.492 e. The van der Waals surface area contributed by atoms with E-state index in [4.69, 9.17) is 4.74 Å². The predicted octanol–water partition coefficient (Wildman–Crippen LogP) is 3.86. The number of benzene rings is 3. The van der Waals surface area contributed by atoms with Gasteiger partial charge < -0.3 is 9.64 Å². The first-order valence-electron chi connectivity index (χ1n) is 11.5. The monoisotopic (exact) mass is 492 g/mol. The average Bonchev–Trinajstić information content (AvgIpc) is 2.89. The Morgan fingerprint density at radius 1 is 0.829 bits per heavy atom. The Balaban J connectivity index is 1.30. The molecule has 0 N–H and O–H groups in total. The summed E-state index contributed by atoms with van der Waals surface area (Å²) in [6.07, 6.45) is 0.211. The Morgan fingerprint density at radius 3 is 2.11 bits per heavy atom. The van der Waals surface area contributed by atoms with Gasteiger partial charge >= 0.3 is 0 Å². The molecule has 1 fully saturated rings. The highest BCUT2D eigenvalue weighted by Gasteiger charge is 2.30. The second-order valence-electron chi connectivity index (χ2n) is 8.33. The van der Waals surface area contributed by atoms with Crippen molar-refractivity contribution in [1.29, 1.82) is 0 Å². The average molecular weight is 493 g/mol. The van der Waals surface area contributed by atoms with Crippen molar-refractivity contribution < 1.29 is 22.7 Å². The molecule has 1 amide bonds. The molecule has 1 heterocycles. The summed E-state index contributed by atoms with van der Waals surface area (Å²) in [5.74, 6) is 0.539. The maximum atomic E-state index is 12.9. The summed E-state index contributed by atoms with van der Waals surface area (Å²) in [5, 5.41) is 0. The van der Waals surface area contributed by atoms with Gasteiger partial charge in [0, 0.05) is 37.3 Å². The Kier molecular flexibility index (Phi) is 7.63. The number of ketones is 1. The molecule has 1 aliphatic heterocycles. The minimum Gasteiger partial charge on any atom is -0.492 e. The van der Waals surface area contributed by atoms with Gasteiger partial charge in [0.15, 0.2) is 5.78 Å². The van der Waals surface area contributed by atoms with E-state index in [1.807, 2.05) is 54.6 Å². The van der Waals surface area contributed by atoms with Gasteiger partial charge in [-0.1, -0.05) is 60.7 Å². The van der Waals surface area contributed by atoms with Gasteiger partial charge in [-0.15, -0.1) is 0 Å². The summed E-state index contributed by atoms with van der Waals surface area (Å²) in [7, 11) is -3.68. The Hall–Kier alpha value is -3.49. The molecule has 8 heteroatoms. The van der Waals surface area contributed by atoms with E-state index in [1.54, 1.807) is 4.90 Å². The molecule has 1 saturated heterocycles. The second-order valence-corrected chi connectivity index (χ2v) is 10.3. The second kappa shape index (κ2) is 10.8. The van der Waals surface area contributed by atoms with Crippen LogP contribution in [-0.2, 0) is 14.8 Å². The van der Waals surface area contributed by atoms with Crippen molar-refractivity contribution in [3.05, 3.63) is 84.4 Å². The van der Waals surface area contributed by atoms with E-state index in [0.717, 1.165) is 16.9 Å². The van der Waals surface area contributed by atoms with E-state index in [-0.39, 0.29) is 42.7 Å². The van der Waals surface area contributed by atoms with Crippen LogP contribution in [-0.4, -0.2) is 62.1 Å². The molecule has 0 bridgehead atoms. The van der Waals surface area contributed by atoms with Crippen LogP contribution < -0.4 is 4.74 Å². The summed E-state index contributed by atoms with van der Waals surface area (Å²) < 4.78 is 33.2. The normalized spacial score (nSPS) is 14.5. The molecular weight excluding hydrogens is 464 g/mol. The zero-order chi connectivity index (χ0) is 24.8. The van der Waals surface area contributed by atoms with E-state index in [0.29, 0.717) is 18.7 Å². The van der Waals surface area contributed by atoms with E-state index in [9.17, 15) is 18.0 Å². The number of hydrogen-bond donors (Lipinski definition) is 0. The van der Waals surface area contributed by atoms with E-state index >= 15 is 0 Å². The fourth-order valence-electron chi connectivity index (χ4n) is 4.04. The molecule has 1 aliphatic rings. The van der Waals surface area contributed by atoms with Crippen LogP contribution in [0, 0.1) is 0 Å². The number of carbonyl (C=O) groups excluding carboxylic acids is 2. The number of rotatable bonds is 8. The van der Waals surface area contributed by atoms with Gasteiger partial charge in [0.2, 0.25) is 15.9 Å². The van der Waals surface area contributed by atoms with Crippen LogP contribution in [0.15, 0.2) is 83.8 Å². The summed E-state index contributed by atoms with van der Waals surface area (Å²) >= 11 is 0. The Morgan fingerprint density at radius 2 is 1.46 bits per heavy atom. The first-order valence-corrected chi connectivity index (χ1v) is 13.0. The number of sulfonamides is 1. The lowest BCUT2D eigenvalue weighted by Crippen LogP contribution is -2.50. The zero-order valence-corrected chi connectivity index (χ0v) is 20.4. The fourth-order valence-corrected chi connectivity index (χ4v) is 5.47. The minimum atomic E-state index is -3.68. The highest BCUT2D eigenvalue weighted by molar-refractivity contribution is 7.89. The van der Waals surface area contributed by atoms with Crippen molar-refractivity contribution in [2.45, 2.75) is 18.2 Å². The van der Waals surface area contributed by atoms with Crippen molar-refractivity contribution >= 4 is 21.7 Å². The lowest BCUT2D eigenvalue weighted by Gasteiger charge is -2.34. The molecule has 0 saturated carbocycles. The SMILES string of the molecule is CC(=O)c1ccc(S(=O)(=O)N2CCN(C(=O)CCOc3ccccc3-c3ccccc3)CC2)cc1. The number of Topliss-reactive ketones (excluding diaryl/α,β-unsaturated/α-hetero) is 1. The number of piperazine rings is 1. The standard InChI is InChI=1S/C27H28N2O5S/c1-21(30)22-11-13-24(14-12-22)35(32,33)29-18-16-28(17-19-29)27(31)15-20-34-26-10-6-5-9-25(26)23-7-3-2-4-8-23/h2-14H,15-20H2,1H3. The number of hydrogen-bond acceptors (Lipinski definition) is 5. The van der Waals surface area contributed by atoms with E-state index in [1.165, 1.54) is 35.5 Å². The van der Waals surface area contributed by atoms with Crippen molar-refractivity contribution in [3.8, 4) is 16.9 Å². The highest BCUT2D eigenvalue weighted by Crippen LogP contribution is 2.29. The molecule has 0 radical (unpaired) electrons. The molecule has 0 aromatic heterocycles. The molecule has 0 atom stereocenters. The lowest BCUT2D eigenvalue weighted by molar-refractivity contribution is -0.132. The number of para-hydroxylation sites is 1. The van der Waals surface area contributed by atoms with Crippen LogP contribution >= 0.6 is 0 Å². The van der Waals surface area contributed by atoms with Gasteiger partial charge in [0.1, 0.15) is 5.75 Å². The van der Waals surface area contributed by atoms with Crippen molar-refractivity contribution in [3.63, 3.8) is 0 Å². The number of carbonyl (C=O) groups is 2. The fraction of sp³-hybridized carbons (Fsp3) is 0.259. The summed E-state index contributed by atoms with van der Waals surface area (Å²) in [6.45, 7) is 2.77. The molecule has 182 valence electrons. The van der Waals surface area contributed by atoms with Crippen LogP contribution in [0.2, 0.25) is 0 Å². The van der Waals surface area contributed by atoms with Crippen LogP contribution in [0.4, 0.5) is 0 Å². The van der Waals surface area contributed by atoms with Crippen LogP contribution in [0.1, 0.15) is 23.7 Å². The maximum Gasteiger partial charge on any atom is 0.243 e. The van der Waals surface area contributed by atoms with Gasteiger partial charge in [-0.2, -0.15) is 4.31 Å². The van der Waals surface area contributed by atoms with Crippen LogP contribution in [0.3, 0.4) is 0 Å². The maximum absolute atomic E-state index is 12.9. The van der Waals surface area contributed by atoms with Gasteiger partial charge in [0.05, 0.1) is 17.9 Å². The van der Waals surface area contributed by atoms with Crippen molar-refractivity contribution in [1.82, 2.24) is 9.21 Å². The van der Waals surface area contributed by atoms with Crippen LogP contribution in [0.25, 0.3) is 11.1 Å². The van der Waals surface area contributed by atoms with Gasteiger partial charge in [-0.3, -0.25) is 9.59 Å². The third-order valence-corrected chi connectivity index (χ3v) is 7.95. The lowest BCUT2D eigenvalue weighted by atomic mass is 10.1. The molecule has 4 rings (SSSR count). The minimum absolute atomic E-state index is 0.0648. The third-order valence-electron chi connectivity index (χ3n) is 6.04. The molecule has 3 aromatic carbocycles. The smallest absolute Gasteiger partial charge is 0.243 e. The third kappa shape index (κ3) is 5.78. The first kappa shape index (κ1) is 24.6. The van der Waals surface area contributed by atoms with E-state index in [2.05, 4.69) is 0 Å². The summed E-state index contributed by atoms with van der Waals surface area (Å²) in [4.78, 5) is 26.0. The quantitative estimate of drug-likeness (QED) is 0.446.